The number of rotatable bonds is 5. The molecule has 0 aliphatic heterocycles. The van der Waals surface area contributed by atoms with Crippen molar-refractivity contribution in [2.75, 3.05) is 18.4 Å². The molecule has 20 heavy (non-hydrogen) atoms. The number of hydrogen-bond acceptors (Lipinski definition) is 3. The fraction of sp³-hybridized carbons (Fsp3) is 0.700. The highest BCUT2D eigenvalue weighted by Gasteiger charge is 2.38. The van der Waals surface area contributed by atoms with Crippen LogP contribution in [-0.4, -0.2) is 47.1 Å². The van der Waals surface area contributed by atoms with E-state index >= 15 is 0 Å². The minimum atomic E-state index is -4.60. The molecule has 0 amide bonds. The highest BCUT2D eigenvalue weighted by atomic mass is 79.9. The Morgan fingerprint density at radius 3 is 2.25 bits per heavy atom. The van der Waals surface area contributed by atoms with Crippen molar-refractivity contribution in [3.63, 3.8) is 0 Å². The molecule has 0 aliphatic rings. The van der Waals surface area contributed by atoms with Crippen LogP contribution in [0.2, 0.25) is 0 Å². The summed E-state index contributed by atoms with van der Waals surface area (Å²) >= 11 is 2.97. The van der Waals surface area contributed by atoms with E-state index in [1.54, 1.807) is 7.05 Å². The van der Waals surface area contributed by atoms with Crippen molar-refractivity contribution < 1.29 is 21.6 Å². The monoisotopic (exact) mass is 377 g/mol. The van der Waals surface area contributed by atoms with Crippen LogP contribution in [0.1, 0.15) is 11.4 Å². The molecule has 0 saturated heterocycles. The Morgan fingerprint density at radius 1 is 1.35 bits per heavy atom. The number of nitrogens with zero attached hydrogens (tertiary/aromatic N) is 3. The molecule has 0 N–H and O–H groups in total. The molecule has 0 aliphatic carbocycles. The molecule has 10 heteroatoms. The maximum absolute atomic E-state index is 12.5. The minimum absolute atomic E-state index is 0.112. The Kier molecular flexibility index (Phi) is 5.25. The quantitative estimate of drug-likeness (QED) is 0.737. The van der Waals surface area contributed by atoms with Crippen LogP contribution in [0.4, 0.5) is 13.2 Å². The van der Waals surface area contributed by atoms with E-state index in [-0.39, 0.29) is 22.5 Å². The third kappa shape index (κ3) is 3.73. The Bertz CT molecular complexity index is 583. The maximum atomic E-state index is 12.5. The van der Waals surface area contributed by atoms with Gasteiger partial charge >= 0.3 is 6.18 Å². The van der Waals surface area contributed by atoms with E-state index in [9.17, 15) is 21.6 Å². The first kappa shape index (κ1) is 17.4. The molecule has 0 spiro atoms. The lowest BCUT2D eigenvalue weighted by Crippen LogP contribution is -2.40. The highest BCUT2D eigenvalue weighted by Crippen LogP contribution is 2.26. The number of sulfonamides is 1. The second-order valence-corrected chi connectivity index (χ2v) is 6.93. The first-order valence-corrected chi connectivity index (χ1v) is 8.20. The fourth-order valence-electron chi connectivity index (χ4n) is 1.84. The SMILES string of the molecule is Cc1nn(C)c(C)c1S(=O)(=O)N(CCBr)CC(F)(F)F. The standard InChI is InChI=1S/C10H15BrF3N3O2S/c1-7-9(8(2)16(3)15-7)20(18,19)17(5-4-11)6-10(12,13)14/h4-6H2,1-3H3. The molecule has 1 rings (SSSR count). The van der Waals surface area contributed by atoms with Crippen molar-refractivity contribution >= 4 is 26.0 Å². The molecule has 0 atom stereocenters. The fourth-order valence-corrected chi connectivity index (χ4v) is 4.32. The summed E-state index contributed by atoms with van der Waals surface area (Å²) in [5, 5.41) is 4.05. The first-order chi connectivity index (χ1) is 9.00. The zero-order chi connectivity index (χ0) is 15.7. The number of aryl methyl sites for hydroxylation is 2. The van der Waals surface area contributed by atoms with Crippen molar-refractivity contribution in [1.82, 2.24) is 14.1 Å². The van der Waals surface area contributed by atoms with Gasteiger partial charge in [0, 0.05) is 18.9 Å². The average Bonchev–Trinajstić information content (AvgIpc) is 2.50. The van der Waals surface area contributed by atoms with Crippen LogP contribution in [0.15, 0.2) is 4.90 Å². The van der Waals surface area contributed by atoms with Crippen LogP contribution in [0.5, 0.6) is 0 Å². The van der Waals surface area contributed by atoms with Gasteiger partial charge in [0.25, 0.3) is 0 Å². The molecule has 0 bridgehead atoms. The molecule has 0 unspecified atom stereocenters. The van der Waals surface area contributed by atoms with Crippen LogP contribution >= 0.6 is 15.9 Å². The third-order valence-electron chi connectivity index (χ3n) is 2.73. The lowest BCUT2D eigenvalue weighted by molar-refractivity contribution is -0.135. The zero-order valence-corrected chi connectivity index (χ0v) is 13.6. The zero-order valence-electron chi connectivity index (χ0n) is 11.2. The van der Waals surface area contributed by atoms with Gasteiger partial charge in [-0.05, 0) is 13.8 Å². The van der Waals surface area contributed by atoms with Gasteiger partial charge in [-0.2, -0.15) is 22.6 Å². The molecule has 1 aromatic heterocycles. The van der Waals surface area contributed by atoms with Gasteiger partial charge in [-0.3, -0.25) is 4.68 Å². The molecular formula is C10H15BrF3N3O2S. The van der Waals surface area contributed by atoms with Crippen LogP contribution in [0, 0.1) is 13.8 Å². The lowest BCUT2D eigenvalue weighted by Gasteiger charge is -2.22. The largest absolute Gasteiger partial charge is 0.402 e. The van der Waals surface area contributed by atoms with Gasteiger partial charge in [-0.1, -0.05) is 15.9 Å². The second kappa shape index (κ2) is 6.02. The van der Waals surface area contributed by atoms with Crippen molar-refractivity contribution in [2.24, 2.45) is 7.05 Å². The second-order valence-electron chi connectivity index (χ2n) is 4.27. The number of hydrogen-bond donors (Lipinski definition) is 0. The van der Waals surface area contributed by atoms with E-state index in [1.807, 2.05) is 0 Å². The smallest absolute Gasteiger partial charge is 0.271 e. The van der Waals surface area contributed by atoms with Crippen LogP contribution < -0.4 is 0 Å². The summed E-state index contributed by atoms with van der Waals surface area (Å²) in [5.74, 6) is 0. The molecule has 1 heterocycles. The minimum Gasteiger partial charge on any atom is -0.271 e. The highest BCUT2D eigenvalue weighted by molar-refractivity contribution is 9.09. The first-order valence-electron chi connectivity index (χ1n) is 5.63. The van der Waals surface area contributed by atoms with E-state index in [1.165, 1.54) is 18.5 Å². The number of aromatic nitrogens is 2. The van der Waals surface area contributed by atoms with Gasteiger partial charge in [0.05, 0.1) is 11.4 Å². The molecule has 1 aromatic rings. The van der Waals surface area contributed by atoms with Gasteiger partial charge in [0.1, 0.15) is 11.4 Å². The molecule has 0 fully saturated rings. The maximum Gasteiger partial charge on any atom is 0.402 e. The summed E-state index contributed by atoms with van der Waals surface area (Å²) in [6, 6.07) is 0. The third-order valence-corrected chi connectivity index (χ3v) is 5.18. The average molecular weight is 378 g/mol. The lowest BCUT2D eigenvalue weighted by atomic mass is 10.4. The van der Waals surface area contributed by atoms with Gasteiger partial charge in [-0.15, -0.1) is 0 Å². The Hall–Kier alpha value is -0.610. The van der Waals surface area contributed by atoms with Crippen LogP contribution in [0.3, 0.4) is 0 Å². The topological polar surface area (TPSA) is 55.2 Å². The predicted octanol–water partition coefficient (Wildman–Crippen LogP) is 1.98. The Balaban J connectivity index is 3.30. The van der Waals surface area contributed by atoms with E-state index in [0.29, 0.717) is 10.00 Å². The van der Waals surface area contributed by atoms with Crippen molar-refractivity contribution in [3.05, 3.63) is 11.4 Å². The van der Waals surface area contributed by atoms with Crippen molar-refractivity contribution in [2.45, 2.75) is 24.9 Å². The summed E-state index contributed by atoms with van der Waals surface area (Å²) in [5.41, 5.74) is 0.496. The number of halogens is 4. The molecule has 0 aromatic carbocycles. The van der Waals surface area contributed by atoms with Gasteiger partial charge in [0.15, 0.2) is 0 Å². The molecule has 0 radical (unpaired) electrons. The summed E-state index contributed by atoms with van der Waals surface area (Å²) < 4.78 is 64.2. The van der Waals surface area contributed by atoms with Crippen LogP contribution in [0.25, 0.3) is 0 Å². The Morgan fingerprint density at radius 2 is 1.90 bits per heavy atom. The van der Waals surface area contributed by atoms with Crippen molar-refractivity contribution in [3.8, 4) is 0 Å². The summed E-state index contributed by atoms with van der Waals surface area (Å²) in [6.45, 7) is 1.18. The molecule has 5 nitrogen and oxygen atoms in total. The van der Waals surface area contributed by atoms with Crippen molar-refractivity contribution in [1.29, 1.82) is 0 Å². The molecule has 0 saturated carbocycles. The van der Waals surface area contributed by atoms with E-state index in [2.05, 4.69) is 21.0 Å². The molecular weight excluding hydrogens is 363 g/mol. The van der Waals surface area contributed by atoms with Gasteiger partial charge in [-0.25, -0.2) is 8.42 Å². The summed E-state index contributed by atoms with van der Waals surface area (Å²) in [4.78, 5) is -0.162. The van der Waals surface area contributed by atoms with Gasteiger partial charge in [0.2, 0.25) is 10.0 Å². The van der Waals surface area contributed by atoms with Crippen LogP contribution in [-0.2, 0) is 17.1 Å². The number of alkyl halides is 4. The normalized spacial score (nSPS) is 13.2. The van der Waals surface area contributed by atoms with E-state index < -0.39 is 22.7 Å². The van der Waals surface area contributed by atoms with E-state index in [0.717, 1.165) is 0 Å². The van der Waals surface area contributed by atoms with E-state index in [4.69, 9.17) is 0 Å². The Labute approximate surface area is 123 Å². The van der Waals surface area contributed by atoms with Gasteiger partial charge < -0.3 is 0 Å². The molecule has 116 valence electrons. The summed E-state index contributed by atoms with van der Waals surface area (Å²) in [7, 11) is -2.70. The summed E-state index contributed by atoms with van der Waals surface area (Å²) in [6.07, 6.45) is -4.60. The predicted molar refractivity (Wildman–Crippen MR) is 71.3 cm³/mol.